The van der Waals surface area contributed by atoms with Crippen molar-refractivity contribution in [3.63, 3.8) is 0 Å². The van der Waals surface area contributed by atoms with E-state index in [0.29, 0.717) is 6.42 Å². The van der Waals surface area contributed by atoms with Gasteiger partial charge in [0.15, 0.2) is 5.60 Å². The zero-order valence-electron chi connectivity index (χ0n) is 9.11. The van der Waals surface area contributed by atoms with Gasteiger partial charge in [0.25, 0.3) is 0 Å². The van der Waals surface area contributed by atoms with E-state index in [-0.39, 0.29) is 6.61 Å². The molecule has 0 amide bonds. The lowest BCUT2D eigenvalue weighted by atomic mass is 10.00. The molecule has 5 heteroatoms. The second kappa shape index (κ2) is 3.48. The lowest BCUT2D eigenvalue weighted by Gasteiger charge is -2.16. The molecule has 5 nitrogen and oxygen atoms in total. The van der Waals surface area contributed by atoms with E-state index in [9.17, 15) is 9.59 Å². The van der Waals surface area contributed by atoms with Crippen LogP contribution < -0.4 is 0 Å². The van der Waals surface area contributed by atoms with Crippen molar-refractivity contribution < 1.29 is 24.5 Å². The number of ether oxygens (including phenoxy) is 1. The van der Waals surface area contributed by atoms with Crippen molar-refractivity contribution in [3.8, 4) is 0 Å². The smallest absolute Gasteiger partial charge is 0.337 e. The molecule has 0 saturated heterocycles. The fourth-order valence-electron chi connectivity index (χ4n) is 2.46. The summed E-state index contributed by atoms with van der Waals surface area (Å²) in [4.78, 5) is 22.2. The highest BCUT2D eigenvalue weighted by Gasteiger charge is 2.82. The van der Waals surface area contributed by atoms with Gasteiger partial charge in [0, 0.05) is 12.0 Å². The van der Waals surface area contributed by atoms with Crippen LogP contribution >= 0.6 is 0 Å². The topological polar surface area (TPSA) is 83.8 Å². The Labute approximate surface area is 88.0 Å². The van der Waals surface area contributed by atoms with Crippen LogP contribution in [0.5, 0.6) is 0 Å². The van der Waals surface area contributed by atoms with Crippen LogP contribution in [0.2, 0.25) is 0 Å². The minimum Gasteiger partial charge on any atom is -0.481 e. The Balaban J connectivity index is 3.10. The van der Waals surface area contributed by atoms with Gasteiger partial charge in [-0.1, -0.05) is 13.8 Å². The van der Waals surface area contributed by atoms with Gasteiger partial charge in [-0.2, -0.15) is 0 Å². The Hall–Kier alpha value is -1.10. The molecule has 1 fully saturated rings. The standard InChI is InChI=1S/C10H16O5/c1-4-9(3)6(7(11)12)10(9,8(13)14)15-5-2/h6H,4-5H2,1-3H3,(H,11,12)(H,13,14). The van der Waals surface area contributed by atoms with E-state index in [1.807, 2.05) is 0 Å². The molecule has 1 aliphatic carbocycles. The van der Waals surface area contributed by atoms with E-state index in [2.05, 4.69) is 0 Å². The van der Waals surface area contributed by atoms with Crippen LogP contribution in [0.25, 0.3) is 0 Å². The number of carboxylic acids is 2. The Morgan fingerprint density at radius 3 is 2.07 bits per heavy atom. The second-order valence-electron chi connectivity index (χ2n) is 4.02. The van der Waals surface area contributed by atoms with Gasteiger partial charge >= 0.3 is 11.9 Å². The number of rotatable bonds is 5. The molecule has 1 saturated carbocycles. The van der Waals surface area contributed by atoms with E-state index in [1.165, 1.54) is 0 Å². The molecule has 1 aliphatic rings. The van der Waals surface area contributed by atoms with Crippen LogP contribution in [0, 0.1) is 11.3 Å². The summed E-state index contributed by atoms with van der Waals surface area (Å²) in [5.41, 5.74) is -2.34. The van der Waals surface area contributed by atoms with Gasteiger partial charge < -0.3 is 14.9 Å². The fraction of sp³-hybridized carbons (Fsp3) is 0.800. The van der Waals surface area contributed by atoms with Crippen molar-refractivity contribution in [2.24, 2.45) is 11.3 Å². The van der Waals surface area contributed by atoms with Crippen molar-refractivity contribution in [3.05, 3.63) is 0 Å². The lowest BCUT2D eigenvalue weighted by molar-refractivity contribution is -0.160. The first-order valence-corrected chi connectivity index (χ1v) is 4.98. The summed E-state index contributed by atoms with van der Waals surface area (Å²) in [7, 11) is 0. The monoisotopic (exact) mass is 216 g/mol. The summed E-state index contributed by atoms with van der Waals surface area (Å²) in [6, 6.07) is 0. The minimum atomic E-state index is -1.54. The van der Waals surface area contributed by atoms with Crippen LogP contribution in [0.1, 0.15) is 27.2 Å². The van der Waals surface area contributed by atoms with Crippen molar-refractivity contribution in [1.29, 1.82) is 0 Å². The Morgan fingerprint density at radius 2 is 1.87 bits per heavy atom. The summed E-state index contributed by atoms with van der Waals surface area (Å²) in [5, 5.41) is 18.1. The molecule has 86 valence electrons. The Morgan fingerprint density at radius 1 is 1.33 bits per heavy atom. The largest absolute Gasteiger partial charge is 0.481 e. The van der Waals surface area contributed by atoms with Crippen molar-refractivity contribution in [2.45, 2.75) is 32.8 Å². The summed E-state index contributed by atoms with van der Waals surface area (Å²) in [6.45, 7) is 5.29. The van der Waals surface area contributed by atoms with E-state index >= 15 is 0 Å². The van der Waals surface area contributed by atoms with Gasteiger partial charge in [0.2, 0.25) is 0 Å². The van der Waals surface area contributed by atoms with Gasteiger partial charge in [-0.3, -0.25) is 4.79 Å². The third kappa shape index (κ3) is 1.26. The number of hydrogen-bond donors (Lipinski definition) is 2. The fourth-order valence-corrected chi connectivity index (χ4v) is 2.46. The third-order valence-corrected chi connectivity index (χ3v) is 3.48. The van der Waals surface area contributed by atoms with E-state index in [4.69, 9.17) is 14.9 Å². The molecule has 0 bridgehead atoms. The van der Waals surface area contributed by atoms with E-state index in [0.717, 1.165) is 0 Å². The van der Waals surface area contributed by atoms with Crippen LogP contribution in [-0.2, 0) is 14.3 Å². The summed E-state index contributed by atoms with van der Waals surface area (Å²) in [6.07, 6.45) is 0.469. The molecule has 0 aromatic heterocycles. The average molecular weight is 216 g/mol. The quantitative estimate of drug-likeness (QED) is 0.715. The summed E-state index contributed by atoms with van der Waals surface area (Å²) < 4.78 is 5.20. The maximum absolute atomic E-state index is 11.2. The lowest BCUT2D eigenvalue weighted by Crippen LogP contribution is -2.34. The normalized spacial score (nSPS) is 38.7. The van der Waals surface area contributed by atoms with Gasteiger partial charge in [0.1, 0.15) is 5.92 Å². The highest BCUT2D eigenvalue weighted by Crippen LogP contribution is 2.66. The second-order valence-corrected chi connectivity index (χ2v) is 4.02. The molecule has 0 aromatic rings. The molecule has 0 aromatic carbocycles. The molecular formula is C10H16O5. The first-order valence-electron chi connectivity index (χ1n) is 4.98. The zero-order valence-corrected chi connectivity index (χ0v) is 9.11. The summed E-state index contributed by atoms with van der Waals surface area (Å²) in [5.74, 6) is -3.23. The zero-order chi connectivity index (χ0) is 11.9. The number of aliphatic carboxylic acids is 2. The average Bonchev–Trinajstić information content (AvgIpc) is 2.69. The van der Waals surface area contributed by atoms with Crippen LogP contribution in [0.3, 0.4) is 0 Å². The number of carboxylic acid groups (broad SMARTS) is 2. The first-order chi connectivity index (χ1) is 6.88. The Kier molecular flexibility index (Phi) is 2.78. The molecule has 0 radical (unpaired) electrons. The predicted molar refractivity (Wildman–Crippen MR) is 51.5 cm³/mol. The molecule has 3 unspecified atom stereocenters. The number of hydrogen-bond acceptors (Lipinski definition) is 3. The SMILES string of the molecule is CCOC1(C(=O)O)C(C(=O)O)C1(C)CC. The van der Waals surface area contributed by atoms with Gasteiger partial charge in [-0.05, 0) is 13.3 Å². The van der Waals surface area contributed by atoms with E-state index < -0.39 is 28.9 Å². The van der Waals surface area contributed by atoms with Crippen LogP contribution in [0.15, 0.2) is 0 Å². The molecule has 2 N–H and O–H groups in total. The Bertz CT molecular complexity index is 300. The highest BCUT2D eigenvalue weighted by molar-refractivity contribution is 5.94. The minimum absolute atomic E-state index is 0.200. The van der Waals surface area contributed by atoms with Crippen molar-refractivity contribution in [2.75, 3.05) is 6.61 Å². The van der Waals surface area contributed by atoms with Gasteiger partial charge in [-0.25, -0.2) is 4.79 Å². The van der Waals surface area contributed by atoms with E-state index in [1.54, 1.807) is 20.8 Å². The third-order valence-electron chi connectivity index (χ3n) is 3.48. The first kappa shape index (κ1) is 12.0. The maximum Gasteiger partial charge on any atom is 0.337 e. The number of carbonyl (C=O) groups is 2. The van der Waals surface area contributed by atoms with Crippen LogP contribution in [0.4, 0.5) is 0 Å². The van der Waals surface area contributed by atoms with Gasteiger partial charge in [-0.15, -0.1) is 0 Å². The molecule has 0 aliphatic heterocycles. The predicted octanol–water partition coefficient (Wildman–Crippen LogP) is 0.977. The molecule has 0 spiro atoms. The van der Waals surface area contributed by atoms with Crippen LogP contribution in [-0.4, -0.2) is 34.4 Å². The molecular weight excluding hydrogens is 200 g/mol. The molecule has 1 rings (SSSR count). The maximum atomic E-state index is 11.2. The van der Waals surface area contributed by atoms with Crippen molar-refractivity contribution in [1.82, 2.24) is 0 Å². The summed E-state index contributed by atoms with van der Waals surface area (Å²) >= 11 is 0. The molecule has 15 heavy (non-hydrogen) atoms. The highest BCUT2D eigenvalue weighted by atomic mass is 16.5. The molecule has 0 heterocycles. The van der Waals surface area contributed by atoms with Crippen molar-refractivity contribution >= 4 is 11.9 Å². The molecule has 3 atom stereocenters. The van der Waals surface area contributed by atoms with Gasteiger partial charge in [0.05, 0.1) is 0 Å².